The second kappa shape index (κ2) is 13.2. The van der Waals surface area contributed by atoms with Crippen LogP contribution in [0.25, 0.3) is 61.5 Å². The van der Waals surface area contributed by atoms with Crippen LogP contribution >= 0.6 is 0 Å². The molecule has 0 saturated carbocycles. The van der Waals surface area contributed by atoms with Gasteiger partial charge in [-0.2, -0.15) is 0 Å². The summed E-state index contributed by atoms with van der Waals surface area (Å²) < 4.78 is 2.41. The zero-order valence-electron chi connectivity index (χ0n) is 32.2. The van der Waals surface area contributed by atoms with E-state index in [1.54, 1.807) is 0 Å². The van der Waals surface area contributed by atoms with Gasteiger partial charge in [-0.25, -0.2) is 4.98 Å². The molecular formula is C56H37N3. The maximum absolute atomic E-state index is 5.44. The van der Waals surface area contributed by atoms with Gasteiger partial charge in [-0.15, -0.1) is 0 Å². The molecule has 0 N–H and O–H groups in total. The van der Waals surface area contributed by atoms with Crippen LogP contribution in [-0.4, -0.2) is 9.55 Å². The van der Waals surface area contributed by atoms with Crippen molar-refractivity contribution in [1.29, 1.82) is 0 Å². The average molecular weight is 752 g/mol. The first-order valence-electron chi connectivity index (χ1n) is 20.3. The van der Waals surface area contributed by atoms with E-state index < -0.39 is 5.41 Å². The minimum absolute atomic E-state index is 0.451. The molecule has 2 heterocycles. The van der Waals surface area contributed by atoms with E-state index in [1.165, 1.54) is 55.6 Å². The Balaban J connectivity index is 1.00. The van der Waals surface area contributed by atoms with E-state index in [9.17, 15) is 0 Å². The summed E-state index contributed by atoms with van der Waals surface area (Å²) in [6.45, 7) is 0. The third kappa shape index (κ3) is 4.98. The van der Waals surface area contributed by atoms with Crippen molar-refractivity contribution in [2.75, 3.05) is 4.90 Å². The van der Waals surface area contributed by atoms with Crippen molar-refractivity contribution in [2.45, 2.75) is 5.41 Å². The van der Waals surface area contributed by atoms with Gasteiger partial charge >= 0.3 is 0 Å². The number of hydrogen-bond acceptors (Lipinski definition) is 2. The van der Waals surface area contributed by atoms with Gasteiger partial charge in [0.2, 0.25) is 0 Å². The molecule has 10 aromatic rings. The lowest BCUT2D eigenvalue weighted by molar-refractivity contribution is 0.746. The van der Waals surface area contributed by atoms with Gasteiger partial charge in [0, 0.05) is 22.6 Å². The van der Waals surface area contributed by atoms with Crippen molar-refractivity contribution in [2.24, 2.45) is 0 Å². The molecular weight excluding hydrogens is 715 g/mol. The first-order chi connectivity index (χ1) is 29.3. The van der Waals surface area contributed by atoms with Gasteiger partial charge in [-0.3, -0.25) is 4.57 Å². The lowest BCUT2D eigenvalue weighted by Gasteiger charge is -2.39. The van der Waals surface area contributed by atoms with E-state index in [0.29, 0.717) is 0 Å². The van der Waals surface area contributed by atoms with Crippen LogP contribution in [0.1, 0.15) is 22.3 Å². The highest BCUT2D eigenvalue weighted by Crippen LogP contribution is 2.60. The second-order valence-corrected chi connectivity index (χ2v) is 15.5. The van der Waals surface area contributed by atoms with E-state index in [1.807, 2.05) is 0 Å². The molecule has 0 unspecified atom stereocenters. The zero-order valence-corrected chi connectivity index (χ0v) is 32.2. The summed E-state index contributed by atoms with van der Waals surface area (Å²) in [7, 11) is 0. The molecule has 1 aliphatic heterocycles. The zero-order chi connectivity index (χ0) is 38.9. The molecule has 3 nitrogen and oxygen atoms in total. The molecule has 2 aliphatic rings. The average Bonchev–Trinajstić information content (AvgIpc) is 3.85. The standard InChI is InChI=1S/C56H37N3/c1-3-14-38(15-4-1)40-26-32-43(33-27-40)58(44-34-28-41(29-35-44)39-16-5-2-6-17-39)45-36-30-42(31-37-45)55-57-52-24-13-23-51-54(52)59(55)53-25-12-11-22-50(53)56(51)48-20-9-7-18-46(48)47-19-8-10-21-49(47)56/h1-37H. The van der Waals surface area contributed by atoms with Gasteiger partial charge in [-0.05, 0) is 116 Å². The van der Waals surface area contributed by atoms with Crippen LogP contribution in [0.15, 0.2) is 224 Å². The number of aromatic nitrogens is 2. The van der Waals surface area contributed by atoms with Crippen LogP contribution < -0.4 is 4.90 Å². The smallest absolute Gasteiger partial charge is 0.145 e. The third-order valence-electron chi connectivity index (χ3n) is 12.4. The third-order valence-corrected chi connectivity index (χ3v) is 12.4. The SMILES string of the molecule is c1ccc(-c2ccc(N(c3ccc(-c4ccccc4)cc3)c3ccc(-c4nc5cccc6c5n4-c4ccccc4C64c5ccccc5-c5ccccc54)cc3)cc2)cc1. The summed E-state index contributed by atoms with van der Waals surface area (Å²) >= 11 is 0. The molecule has 12 rings (SSSR count). The van der Waals surface area contributed by atoms with Crippen molar-refractivity contribution < 1.29 is 0 Å². The van der Waals surface area contributed by atoms with Gasteiger partial charge in [0.05, 0.1) is 22.1 Å². The first-order valence-corrected chi connectivity index (χ1v) is 20.3. The van der Waals surface area contributed by atoms with Crippen molar-refractivity contribution in [3.8, 4) is 50.5 Å². The van der Waals surface area contributed by atoms with Crippen LogP contribution in [0.4, 0.5) is 17.1 Å². The minimum Gasteiger partial charge on any atom is -0.311 e. The van der Waals surface area contributed by atoms with E-state index in [4.69, 9.17) is 4.98 Å². The normalized spacial score (nSPS) is 12.9. The Kier molecular flexibility index (Phi) is 7.45. The van der Waals surface area contributed by atoms with Crippen molar-refractivity contribution in [3.05, 3.63) is 247 Å². The molecule has 0 fully saturated rings. The Hall–Kier alpha value is -7.75. The predicted molar refractivity (Wildman–Crippen MR) is 243 cm³/mol. The lowest BCUT2D eigenvalue weighted by Crippen LogP contribution is -2.33. The fourth-order valence-electron chi connectivity index (χ4n) is 9.88. The molecule has 0 saturated heterocycles. The highest BCUT2D eigenvalue weighted by atomic mass is 15.1. The molecule has 0 radical (unpaired) electrons. The molecule has 1 aliphatic carbocycles. The van der Waals surface area contributed by atoms with Crippen LogP contribution in [0.2, 0.25) is 0 Å². The summed E-state index contributed by atoms with van der Waals surface area (Å²) in [5.41, 5.74) is 19.8. The molecule has 0 bridgehead atoms. The largest absolute Gasteiger partial charge is 0.311 e. The number of nitrogens with zero attached hydrogens (tertiary/aromatic N) is 3. The topological polar surface area (TPSA) is 21.1 Å². The Morgan fingerprint density at radius 3 is 1.31 bits per heavy atom. The van der Waals surface area contributed by atoms with Crippen molar-refractivity contribution in [1.82, 2.24) is 9.55 Å². The van der Waals surface area contributed by atoms with E-state index in [0.717, 1.165) is 45.2 Å². The Labute approximate surface area is 343 Å². The molecule has 0 amide bonds. The van der Waals surface area contributed by atoms with Crippen LogP contribution in [0, 0.1) is 0 Å². The molecule has 0 atom stereocenters. The number of anilines is 3. The Morgan fingerprint density at radius 1 is 0.339 bits per heavy atom. The number of rotatable bonds is 6. The molecule has 276 valence electrons. The van der Waals surface area contributed by atoms with Gasteiger partial charge in [0.1, 0.15) is 5.82 Å². The summed E-state index contributed by atoms with van der Waals surface area (Å²) in [5, 5.41) is 0. The monoisotopic (exact) mass is 751 g/mol. The van der Waals surface area contributed by atoms with Crippen molar-refractivity contribution >= 4 is 28.1 Å². The molecule has 9 aromatic carbocycles. The Morgan fingerprint density at radius 2 is 0.763 bits per heavy atom. The summed E-state index contributed by atoms with van der Waals surface area (Å²) in [6.07, 6.45) is 0. The molecule has 1 spiro atoms. The minimum atomic E-state index is -0.451. The maximum atomic E-state index is 5.44. The number of fused-ring (bicyclic) bond motifs is 9. The summed E-state index contributed by atoms with van der Waals surface area (Å²) in [4.78, 5) is 7.78. The van der Waals surface area contributed by atoms with Crippen LogP contribution in [0.5, 0.6) is 0 Å². The summed E-state index contributed by atoms with van der Waals surface area (Å²) in [5.74, 6) is 0.937. The maximum Gasteiger partial charge on any atom is 0.145 e. The van der Waals surface area contributed by atoms with Gasteiger partial charge in [-0.1, -0.05) is 164 Å². The first kappa shape index (κ1) is 33.4. The highest BCUT2D eigenvalue weighted by molar-refractivity contribution is 5.97. The highest BCUT2D eigenvalue weighted by Gasteiger charge is 2.50. The van der Waals surface area contributed by atoms with Gasteiger partial charge < -0.3 is 4.90 Å². The van der Waals surface area contributed by atoms with E-state index >= 15 is 0 Å². The van der Waals surface area contributed by atoms with E-state index in [-0.39, 0.29) is 0 Å². The van der Waals surface area contributed by atoms with Crippen LogP contribution in [0.3, 0.4) is 0 Å². The fraction of sp³-hybridized carbons (Fsp3) is 0.0179. The summed E-state index contributed by atoms with van der Waals surface area (Å²) in [6, 6.07) is 81.4. The quantitative estimate of drug-likeness (QED) is 0.169. The van der Waals surface area contributed by atoms with Gasteiger partial charge in [0.25, 0.3) is 0 Å². The lowest BCUT2D eigenvalue weighted by atomic mass is 9.65. The Bertz CT molecular complexity index is 3050. The van der Waals surface area contributed by atoms with Crippen molar-refractivity contribution in [3.63, 3.8) is 0 Å². The number of para-hydroxylation sites is 2. The van der Waals surface area contributed by atoms with Crippen LogP contribution in [-0.2, 0) is 5.41 Å². The fourth-order valence-corrected chi connectivity index (χ4v) is 9.88. The number of hydrogen-bond donors (Lipinski definition) is 0. The van der Waals surface area contributed by atoms with E-state index in [2.05, 4.69) is 234 Å². The predicted octanol–water partition coefficient (Wildman–Crippen LogP) is 14.2. The number of benzene rings is 9. The second-order valence-electron chi connectivity index (χ2n) is 15.5. The van der Waals surface area contributed by atoms with Gasteiger partial charge in [0.15, 0.2) is 0 Å². The molecule has 3 heteroatoms. The molecule has 59 heavy (non-hydrogen) atoms. The number of imidazole rings is 1. The molecule has 1 aromatic heterocycles.